The summed E-state index contributed by atoms with van der Waals surface area (Å²) < 4.78 is 1.99. The molecule has 1 N–H and O–H groups in total. The fraction of sp³-hybridized carbons (Fsp3) is 0.800. The molecule has 0 aliphatic heterocycles. The molecular weight excluding hydrogens is 176 g/mol. The largest absolute Gasteiger partial charge is 0.319 e. The average Bonchev–Trinajstić information content (AvgIpc) is 2.52. The molecule has 1 rings (SSSR count). The van der Waals surface area contributed by atoms with Gasteiger partial charge in [0.05, 0.1) is 0 Å². The lowest BCUT2D eigenvalue weighted by Gasteiger charge is -2.13. The maximum atomic E-state index is 4.28. The van der Waals surface area contributed by atoms with Crippen LogP contribution in [0.4, 0.5) is 0 Å². The van der Waals surface area contributed by atoms with Crippen LogP contribution in [0.5, 0.6) is 0 Å². The highest BCUT2D eigenvalue weighted by molar-refractivity contribution is 4.88. The van der Waals surface area contributed by atoms with Gasteiger partial charge in [-0.1, -0.05) is 6.92 Å². The van der Waals surface area contributed by atoms with Crippen LogP contribution in [0.25, 0.3) is 0 Å². The van der Waals surface area contributed by atoms with Gasteiger partial charge in [0, 0.05) is 12.5 Å². The molecule has 0 fully saturated rings. The predicted octanol–water partition coefficient (Wildman–Crippen LogP) is 1.26. The molecule has 1 aromatic heterocycles. The van der Waals surface area contributed by atoms with E-state index in [4.69, 9.17) is 0 Å². The van der Waals surface area contributed by atoms with Crippen LogP contribution in [0.2, 0.25) is 0 Å². The minimum Gasteiger partial charge on any atom is -0.319 e. The zero-order valence-electron chi connectivity index (χ0n) is 9.49. The van der Waals surface area contributed by atoms with Gasteiger partial charge in [-0.15, -0.1) is 0 Å². The average molecular weight is 196 g/mol. The second-order valence-corrected chi connectivity index (χ2v) is 4.08. The van der Waals surface area contributed by atoms with Crippen molar-refractivity contribution < 1.29 is 0 Å². The molecule has 1 aromatic rings. The van der Waals surface area contributed by atoms with Gasteiger partial charge in [0.2, 0.25) is 0 Å². The summed E-state index contributed by atoms with van der Waals surface area (Å²) in [6.45, 7) is 7.49. The Morgan fingerprint density at radius 1 is 1.43 bits per heavy atom. The molecule has 1 unspecified atom stereocenters. The third kappa shape index (κ3) is 2.80. The van der Waals surface area contributed by atoms with E-state index in [0.717, 1.165) is 18.8 Å². The molecule has 14 heavy (non-hydrogen) atoms. The van der Waals surface area contributed by atoms with Crippen molar-refractivity contribution in [3.8, 4) is 0 Å². The van der Waals surface area contributed by atoms with Crippen molar-refractivity contribution in [3.63, 3.8) is 0 Å². The van der Waals surface area contributed by atoms with Crippen LogP contribution in [0, 0.1) is 5.92 Å². The van der Waals surface area contributed by atoms with E-state index in [2.05, 4.69) is 36.2 Å². The van der Waals surface area contributed by atoms with E-state index in [-0.39, 0.29) is 0 Å². The summed E-state index contributed by atoms with van der Waals surface area (Å²) in [4.78, 5) is 4.28. The fourth-order valence-corrected chi connectivity index (χ4v) is 1.58. The first-order valence-corrected chi connectivity index (χ1v) is 5.18. The van der Waals surface area contributed by atoms with Gasteiger partial charge in [-0.05, 0) is 33.4 Å². The molecule has 1 heterocycles. The number of hydrogen-bond donors (Lipinski definition) is 1. The van der Waals surface area contributed by atoms with E-state index in [9.17, 15) is 0 Å². The highest BCUT2D eigenvalue weighted by Crippen LogP contribution is 2.09. The van der Waals surface area contributed by atoms with E-state index >= 15 is 0 Å². The first-order valence-electron chi connectivity index (χ1n) is 5.18. The lowest BCUT2D eigenvalue weighted by molar-refractivity contribution is 0.462. The molecule has 0 aliphatic carbocycles. The SMILES string of the molecule is CNCC(C)Cc1ncnn1C(C)C. The summed E-state index contributed by atoms with van der Waals surface area (Å²) in [6, 6.07) is 0.397. The Balaban J connectivity index is 2.61. The third-order valence-corrected chi connectivity index (χ3v) is 2.22. The van der Waals surface area contributed by atoms with Gasteiger partial charge in [-0.25, -0.2) is 9.67 Å². The number of nitrogens with one attached hydrogen (secondary N) is 1. The number of nitrogens with zero attached hydrogens (tertiary/aromatic N) is 3. The summed E-state index contributed by atoms with van der Waals surface area (Å²) in [7, 11) is 1.98. The maximum absolute atomic E-state index is 4.28. The molecule has 0 saturated heterocycles. The van der Waals surface area contributed by atoms with Crippen LogP contribution in [-0.2, 0) is 6.42 Å². The summed E-state index contributed by atoms with van der Waals surface area (Å²) in [6.07, 6.45) is 2.63. The van der Waals surface area contributed by atoms with E-state index in [1.54, 1.807) is 6.33 Å². The lowest BCUT2D eigenvalue weighted by atomic mass is 10.1. The van der Waals surface area contributed by atoms with Gasteiger partial charge < -0.3 is 5.32 Å². The molecule has 0 bridgehead atoms. The van der Waals surface area contributed by atoms with Crippen molar-refractivity contribution >= 4 is 0 Å². The van der Waals surface area contributed by atoms with E-state index in [1.165, 1.54) is 0 Å². The Bertz CT molecular complexity index is 267. The smallest absolute Gasteiger partial charge is 0.138 e. The quantitative estimate of drug-likeness (QED) is 0.771. The van der Waals surface area contributed by atoms with Gasteiger partial charge in [0.1, 0.15) is 12.2 Å². The van der Waals surface area contributed by atoms with Gasteiger partial charge >= 0.3 is 0 Å². The summed E-state index contributed by atoms with van der Waals surface area (Å²) in [5.41, 5.74) is 0. The van der Waals surface area contributed by atoms with Gasteiger partial charge in [0.25, 0.3) is 0 Å². The molecule has 4 heteroatoms. The van der Waals surface area contributed by atoms with Crippen LogP contribution in [0.1, 0.15) is 32.6 Å². The van der Waals surface area contributed by atoms with Crippen molar-refractivity contribution in [2.24, 2.45) is 5.92 Å². The minimum atomic E-state index is 0.397. The van der Waals surface area contributed by atoms with Crippen LogP contribution < -0.4 is 5.32 Å². The molecule has 0 amide bonds. The van der Waals surface area contributed by atoms with E-state index in [1.807, 2.05) is 11.7 Å². The Morgan fingerprint density at radius 3 is 2.71 bits per heavy atom. The number of hydrogen-bond acceptors (Lipinski definition) is 3. The van der Waals surface area contributed by atoms with Crippen molar-refractivity contribution in [3.05, 3.63) is 12.2 Å². The van der Waals surface area contributed by atoms with Crippen LogP contribution in [0.15, 0.2) is 6.33 Å². The number of rotatable bonds is 5. The predicted molar refractivity (Wildman–Crippen MR) is 57.2 cm³/mol. The molecule has 0 aromatic carbocycles. The van der Waals surface area contributed by atoms with Crippen LogP contribution in [0.3, 0.4) is 0 Å². The standard InChI is InChI=1S/C10H20N4/c1-8(2)14-10(12-7-13-14)5-9(3)6-11-4/h7-9,11H,5-6H2,1-4H3. The van der Waals surface area contributed by atoms with Crippen molar-refractivity contribution in [2.75, 3.05) is 13.6 Å². The van der Waals surface area contributed by atoms with Crippen LogP contribution >= 0.6 is 0 Å². The summed E-state index contributed by atoms with van der Waals surface area (Å²) in [5.74, 6) is 1.68. The van der Waals surface area contributed by atoms with Gasteiger partial charge in [-0.3, -0.25) is 0 Å². The van der Waals surface area contributed by atoms with Crippen molar-refractivity contribution in [1.29, 1.82) is 0 Å². The molecule has 4 nitrogen and oxygen atoms in total. The van der Waals surface area contributed by atoms with E-state index < -0.39 is 0 Å². The molecule has 1 atom stereocenters. The summed E-state index contributed by atoms with van der Waals surface area (Å²) in [5, 5.41) is 7.39. The first kappa shape index (κ1) is 11.2. The Kier molecular flexibility index (Phi) is 4.07. The Morgan fingerprint density at radius 2 is 2.14 bits per heavy atom. The van der Waals surface area contributed by atoms with Gasteiger partial charge in [-0.2, -0.15) is 5.10 Å². The number of aromatic nitrogens is 3. The minimum absolute atomic E-state index is 0.397. The molecule has 80 valence electrons. The van der Waals surface area contributed by atoms with Crippen molar-refractivity contribution in [2.45, 2.75) is 33.2 Å². The Hall–Kier alpha value is -0.900. The van der Waals surface area contributed by atoms with E-state index in [0.29, 0.717) is 12.0 Å². The second-order valence-electron chi connectivity index (χ2n) is 4.08. The summed E-state index contributed by atoms with van der Waals surface area (Å²) >= 11 is 0. The normalized spacial score (nSPS) is 13.5. The second kappa shape index (κ2) is 5.10. The fourth-order valence-electron chi connectivity index (χ4n) is 1.58. The third-order valence-electron chi connectivity index (χ3n) is 2.22. The lowest BCUT2D eigenvalue weighted by Crippen LogP contribution is -2.20. The first-order chi connectivity index (χ1) is 6.65. The van der Waals surface area contributed by atoms with Crippen LogP contribution in [-0.4, -0.2) is 28.4 Å². The molecule has 0 spiro atoms. The molecule has 0 aliphatic rings. The van der Waals surface area contributed by atoms with Gasteiger partial charge in [0.15, 0.2) is 0 Å². The highest BCUT2D eigenvalue weighted by atomic mass is 15.3. The Labute approximate surface area is 85.7 Å². The zero-order valence-corrected chi connectivity index (χ0v) is 9.49. The highest BCUT2D eigenvalue weighted by Gasteiger charge is 2.10. The molecule has 0 radical (unpaired) electrons. The maximum Gasteiger partial charge on any atom is 0.138 e. The molecular formula is C10H20N4. The monoisotopic (exact) mass is 196 g/mol. The topological polar surface area (TPSA) is 42.7 Å². The zero-order chi connectivity index (χ0) is 10.6. The molecule has 0 saturated carbocycles. The van der Waals surface area contributed by atoms with Crippen molar-refractivity contribution in [1.82, 2.24) is 20.1 Å².